The van der Waals surface area contributed by atoms with Crippen LogP contribution in [0.1, 0.15) is 18.1 Å². The van der Waals surface area contributed by atoms with Crippen LogP contribution in [-0.2, 0) is 13.0 Å². The van der Waals surface area contributed by atoms with Gasteiger partial charge in [0.05, 0.1) is 7.11 Å². The molecule has 0 fully saturated rings. The molecule has 0 amide bonds. The predicted octanol–water partition coefficient (Wildman–Crippen LogP) is 3.69. The molecule has 2 aromatic carbocycles. The number of hydrogen-bond donors (Lipinski definition) is 1. The van der Waals surface area contributed by atoms with Crippen molar-refractivity contribution < 1.29 is 13.5 Å². The van der Waals surface area contributed by atoms with Crippen LogP contribution in [0.4, 0.5) is 8.78 Å². The number of rotatable bonds is 6. The van der Waals surface area contributed by atoms with Crippen molar-refractivity contribution in [2.24, 2.45) is 0 Å². The van der Waals surface area contributed by atoms with Crippen molar-refractivity contribution in [1.29, 1.82) is 0 Å². The molecular formula is C17H19F2NO. The predicted molar refractivity (Wildman–Crippen MR) is 79.4 cm³/mol. The van der Waals surface area contributed by atoms with Crippen LogP contribution in [0.3, 0.4) is 0 Å². The van der Waals surface area contributed by atoms with E-state index in [-0.39, 0.29) is 23.4 Å². The van der Waals surface area contributed by atoms with E-state index in [0.717, 1.165) is 17.5 Å². The maximum absolute atomic E-state index is 13.6. The number of ether oxygens (including phenoxy) is 1. The zero-order valence-corrected chi connectivity index (χ0v) is 12.2. The number of halogens is 2. The van der Waals surface area contributed by atoms with Gasteiger partial charge in [0.2, 0.25) is 0 Å². The van der Waals surface area contributed by atoms with E-state index < -0.39 is 0 Å². The highest BCUT2D eigenvalue weighted by molar-refractivity contribution is 5.29. The SMILES string of the molecule is COc1ccc(CNC(C)Cc2ccc(F)cc2)cc1F. The monoisotopic (exact) mass is 291 g/mol. The molecule has 0 radical (unpaired) electrons. The molecule has 0 aromatic heterocycles. The van der Waals surface area contributed by atoms with Crippen LogP contribution in [0, 0.1) is 11.6 Å². The fourth-order valence-electron chi connectivity index (χ4n) is 2.16. The van der Waals surface area contributed by atoms with Gasteiger partial charge in [-0.15, -0.1) is 0 Å². The quantitative estimate of drug-likeness (QED) is 0.876. The van der Waals surface area contributed by atoms with Gasteiger partial charge in [0, 0.05) is 12.6 Å². The first-order valence-electron chi connectivity index (χ1n) is 6.88. The summed E-state index contributed by atoms with van der Waals surface area (Å²) in [4.78, 5) is 0. The van der Waals surface area contributed by atoms with E-state index in [4.69, 9.17) is 4.74 Å². The summed E-state index contributed by atoms with van der Waals surface area (Å²) < 4.78 is 31.3. The van der Waals surface area contributed by atoms with Gasteiger partial charge in [0.1, 0.15) is 5.82 Å². The molecule has 0 aliphatic heterocycles. The summed E-state index contributed by atoms with van der Waals surface area (Å²) in [5.41, 5.74) is 1.93. The van der Waals surface area contributed by atoms with Crippen LogP contribution >= 0.6 is 0 Å². The molecule has 4 heteroatoms. The molecule has 0 saturated heterocycles. The van der Waals surface area contributed by atoms with E-state index in [1.807, 2.05) is 13.0 Å². The molecule has 1 atom stereocenters. The second-order valence-corrected chi connectivity index (χ2v) is 5.08. The van der Waals surface area contributed by atoms with Gasteiger partial charge in [-0.2, -0.15) is 0 Å². The molecule has 2 aromatic rings. The number of methoxy groups -OCH3 is 1. The van der Waals surface area contributed by atoms with Gasteiger partial charge in [-0.25, -0.2) is 8.78 Å². The Kier molecular flexibility index (Phi) is 5.28. The summed E-state index contributed by atoms with van der Waals surface area (Å²) in [5, 5.41) is 3.33. The molecule has 0 aliphatic carbocycles. The molecule has 112 valence electrons. The summed E-state index contributed by atoms with van der Waals surface area (Å²) in [6, 6.07) is 11.6. The standard InChI is InChI=1S/C17H19F2NO/c1-12(9-13-3-6-15(18)7-4-13)20-11-14-5-8-17(21-2)16(19)10-14/h3-8,10,12,20H,9,11H2,1-2H3. The average molecular weight is 291 g/mol. The zero-order valence-electron chi connectivity index (χ0n) is 12.2. The third kappa shape index (κ3) is 4.53. The average Bonchev–Trinajstić information content (AvgIpc) is 2.48. The highest BCUT2D eigenvalue weighted by Crippen LogP contribution is 2.17. The Bertz CT molecular complexity index is 584. The van der Waals surface area contributed by atoms with Crippen LogP contribution in [-0.4, -0.2) is 13.2 Å². The van der Waals surface area contributed by atoms with Gasteiger partial charge < -0.3 is 10.1 Å². The van der Waals surface area contributed by atoms with Crippen molar-refractivity contribution in [2.45, 2.75) is 25.9 Å². The van der Waals surface area contributed by atoms with Crippen LogP contribution in [0.25, 0.3) is 0 Å². The largest absolute Gasteiger partial charge is 0.494 e. The van der Waals surface area contributed by atoms with E-state index >= 15 is 0 Å². The Morgan fingerprint density at radius 2 is 1.71 bits per heavy atom. The summed E-state index contributed by atoms with van der Waals surface area (Å²) in [7, 11) is 1.45. The minimum absolute atomic E-state index is 0.209. The molecular weight excluding hydrogens is 272 g/mol. The van der Waals surface area contributed by atoms with E-state index in [1.54, 1.807) is 18.2 Å². The lowest BCUT2D eigenvalue weighted by Crippen LogP contribution is -2.27. The number of nitrogens with one attached hydrogen (secondary N) is 1. The smallest absolute Gasteiger partial charge is 0.165 e. The first kappa shape index (κ1) is 15.4. The topological polar surface area (TPSA) is 21.3 Å². The molecule has 0 spiro atoms. The zero-order chi connectivity index (χ0) is 15.2. The first-order valence-corrected chi connectivity index (χ1v) is 6.88. The number of benzene rings is 2. The third-order valence-electron chi connectivity index (χ3n) is 3.33. The molecule has 0 aliphatic rings. The fourth-order valence-corrected chi connectivity index (χ4v) is 2.16. The van der Waals surface area contributed by atoms with Crippen LogP contribution in [0.2, 0.25) is 0 Å². The molecule has 2 nitrogen and oxygen atoms in total. The minimum atomic E-state index is -0.358. The van der Waals surface area contributed by atoms with Crippen LogP contribution < -0.4 is 10.1 Å². The molecule has 21 heavy (non-hydrogen) atoms. The first-order chi connectivity index (χ1) is 10.1. The van der Waals surface area contributed by atoms with Gasteiger partial charge in [-0.3, -0.25) is 0 Å². The highest BCUT2D eigenvalue weighted by atomic mass is 19.1. The van der Waals surface area contributed by atoms with Gasteiger partial charge in [-0.05, 0) is 48.7 Å². The Morgan fingerprint density at radius 3 is 2.33 bits per heavy atom. The molecule has 1 N–H and O–H groups in total. The van der Waals surface area contributed by atoms with E-state index in [1.165, 1.54) is 25.3 Å². The summed E-state index contributed by atoms with van der Waals surface area (Å²) >= 11 is 0. The van der Waals surface area contributed by atoms with E-state index in [2.05, 4.69) is 5.32 Å². The van der Waals surface area contributed by atoms with Crippen molar-refractivity contribution in [2.75, 3.05) is 7.11 Å². The molecule has 2 rings (SSSR count). The van der Waals surface area contributed by atoms with E-state index in [9.17, 15) is 8.78 Å². The highest BCUT2D eigenvalue weighted by Gasteiger charge is 2.06. The van der Waals surface area contributed by atoms with Crippen LogP contribution in [0.5, 0.6) is 5.75 Å². The maximum Gasteiger partial charge on any atom is 0.165 e. The molecule has 0 saturated carbocycles. The Labute approximate surface area is 123 Å². The lowest BCUT2D eigenvalue weighted by molar-refractivity contribution is 0.386. The summed E-state index contributed by atoms with van der Waals surface area (Å²) in [6.45, 7) is 2.62. The summed E-state index contributed by atoms with van der Waals surface area (Å²) in [5.74, 6) is -0.339. The second-order valence-electron chi connectivity index (χ2n) is 5.08. The van der Waals surface area contributed by atoms with Gasteiger partial charge in [0.25, 0.3) is 0 Å². The van der Waals surface area contributed by atoms with Gasteiger partial charge >= 0.3 is 0 Å². The van der Waals surface area contributed by atoms with Gasteiger partial charge in [-0.1, -0.05) is 18.2 Å². The molecule has 0 bridgehead atoms. The van der Waals surface area contributed by atoms with Crippen molar-refractivity contribution in [1.82, 2.24) is 5.32 Å². The fraction of sp³-hybridized carbons (Fsp3) is 0.294. The maximum atomic E-state index is 13.6. The third-order valence-corrected chi connectivity index (χ3v) is 3.33. The molecule has 0 heterocycles. The van der Waals surface area contributed by atoms with Crippen molar-refractivity contribution >= 4 is 0 Å². The van der Waals surface area contributed by atoms with Gasteiger partial charge in [0.15, 0.2) is 11.6 Å². The lowest BCUT2D eigenvalue weighted by atomic mass is 10.1. The Morgan fingerprint density at radius 1 is 1.05 bits per heavy atom. The summed E-state index contributed by atoms with van der Waals surface area (Å²) in [6.07, 6.45) is 0.791. The normalized spacial score (nSPS) is 12.2. The minimum Gasteiger partial charge on any atom is -0.494 e. The molecule has 1 unspecified atom stereocenters. The van der Waals surface area contributed by atoms with E-state index in [0.29, 0.717) is 6.54 Å². The van der Waals surface area contributed by atoms with Crippen molar-refractivity contribution in [3.63, 3.8) is 0 Å². The number of hydrogen-bond acceptors (Lipinski definition) is 2. The van der Waals surface area contributed by atoms with Crippen molar-refractivity contribution in [3.05, 3.63) is 65.2 Å². The Hall–Kier alpha value is -1.94. The van der Waals surface area contributed by atoms with Crippen molar-refractivity contribution in [3.8, 4) is 5.75 Å². The van der Waals surface area contributed by atoms with Crippen LogP contribution in [0.15, 0.2) is 42.5 Å². The lowest BCUT2D eigenvalue weighted by Gasteiger charge is -2.14. The second kappa shape index (κ2) is 7.18. The Balaban J connectivity index is 1.87.